The molecule has 0 aromatic carbocycles. The zero-order valence-corrected chi connectivity index (χ0v) is 14.7. The van der Waals surface area contributed by atoms with Gasteiger partial charge < -0.3 is 18.5 Å². The molecule has 2 aromatic heterocycles. The number of ether oxygens (including phenoxy) is 1. The smallest absolute Gasteiger partial charge is 0.257 e. The van der Waals surface area contributed by atoms with Gasteiger partial charge in [0.15, 0.2) is 0 Å². The van der Waals surface area contributed by atoms with E-state index in [0.717, 1.165) is 37.7 Å². The summed E-state index contributed by atoms with van der Waals surface area (Å²) in [6.07, 6.45) is 1.82. The van der Waals surface area contributed by atoms with E-state index in [0.29, 0.717) is 30.4 Å². The van der Waals surface area contributed by atoms with Crippen LogP contribution in [0.5, 0.6) is 0 Å². The monoisotopic (exact) mass is 344 g/mol. The number of fused-ring (bicyclic) bond motifs is 1. The van der Waals surface area contributed by atoms with Crippen molar-refractivity contribution in [2.75, 3.05) is 32.8 Å². The Morgan fingerprint density at radius 1 is 1.28 bits per heavy atom. The Balaban J connectivity index is 1.43. The number of likely N-dealkylation sites (tertiary alicyclic amines) is 1. The van der Waals surface area contributed by atoms with Crippen molar-refractivity contribution in [1.82, 2.24) is 9.80 Å². The van der Waals surface area contributed by atoms with Crippen LogP contribution in [0.2, 0.25) is 0 Å². The van der Waals surface area contributed by atoms with Crippen LogP contribution in [0.4, 0.5) is 0 Å². The Morgan fingerprint density at radius 3 is 2.88 bits per heavy atom. The summed E-state index contributed by atoms with van der Waals surface area (Å²) in [4.78, 5) is 17.1. The van der Waals surface area contributed by atoms with Crippen LogP contribution < -0.4 is 0 Å². The third-order valence-electron chi connectivity index (χ3n) is 5.13. The van der Waals surface area contributed by atoms with Gasteiger partial charge in [0.1, 0.15) is 17.3 Å². The predicted molar refractivity (Wildman–Crippen MR) is 91.3 cm³/mol. The first-order valence-electron chi connectivity index (χ1n) is 8.83. The lowest BCUT2D eigenvalue weighted by molar-refractivity contribution is 0.0482. The van der Waals surface area contributed by atoms with Crippen molar-refractivity contribution in [3.63, 3.8) is 0 Å². The molecular weight excluding hydrogens is 320 g/mol. The maximum absolute atomic E-state index is 12.8. The number of hydrogen-bond acceptors (Lipinski definition) is 5. The number of nitrogens with zero attached hydrogens (tertiary/aromatic N) is 2. The molecule has 2 fully saturated rings. The number of furan rings is 2. The summed E-state index contributed by atoms with van der Waals surface area (Å²) in [6, 6.07) is 5.74. The van der Waals surface area contributed by atoms with Crippen LogP contribution >= 0.6 is 0 Å². The Bertz CT molecular complexity index is 737. The Labute approximate surface area is 147 Å². The van der Waals surface area contributed by atoms with Crippen LogP contribution in [-0.4, -0.2) is 54.6 Å². The average Bonchev–Trinajstić information content (AvgIpc) is 3.26. The van der Waals surface area contributed by atoms with Gasteiger partial charge in [-0.2, -0.15) is 0 Å². The Morgan fingerprint density at radius 2 is 2.16 bits per heavy atom. The molecule has 0 spiro atoms. The molecule has 25 heavy (non-hydrogen) atoms. The van der Waals surface area contributed by atoms with Gasteiger partial charge in [0.05, 0.1) is 31.1 Å². The molecule has 6 nitrogen and oxygen atoms in total. The van der Waals surface area contributed by atoms with Gasteiger partial charge in [-0.15, -0.1) is 0 Å². The molecule has 0 bridgehead atoms. The lowest BCUT2D eigenvalue weighted by Crippen LogP contribution is -2.33. The van der Waals surface area contributed by atoms with Gasteiger partial charge in [-0.05, 0) is 32.0 Å². The molecule has 2 aliphatic rings. The molecule has 2 aromatic rings. The zero-order chi connectivity index (χ0) is 17.4. The number of carbonyl (C=O) groups excluding carboxylic acids is 1. The van der Waals surface area contributed by atoms with Gasteiger partial charge in [-0.3, -0.25) is 9.69 Å². The highest BCUT2D eigenvalue weighted by Crippen LogP contribution is 2.27. The molecule has 1 amide bonds. The largest absolute Gasteiger partial charge is 0.468 e. The number of rotatable bonds is 3. The topological polar surface area (TPSA) is 59.1 Å². The molecule has 2 atom stereocenters. The summed E-state index contributed by atoms with van der Waals surface area (Å²) >= 11 is 0. The second-order valence-electron chi connectivity index (χ2n) is 7.02. The third-order valence-corrected chi connectivity index (χ3v) is 5.13. The Kier molecular flexibility index (Phi) is 4.39. The van der Waals surface area contributed by atoms with E-state index in [9.17, 15) is 4.79 Å². The first-order valence-corrected chi connectivity index (χ1v) is 8.83. The molecule has 2 aliphatic heterocycles. The van der Waals surface area contributed by atoms with E-state index in [1.165, 1.54) is 0 Å². The summed E-state index contributed by atoms with van der Waals surface area (Å²) in [5, 5.41) is 0. The molecule has 4 rings (SSSR count). The minimum absolute atomic E-state index is 0.0450. The molecule has 134 valence electrons. The summed E-state index contributed by atoms with van der Waals surface area (Å²) in [6.45, 7) is 8.37. The fraction of sp³-hybridized carbons (Fsp3) is 0.526. The van der Waals surface area contributed by atoms with Crippen LogP contribution in [0.25, 0.3) is 0 Å². The molecule has 0 unspecified atom stereocenters. The van der Waals surface area contributed by atoms with Gasteiger partial charge in [-0.25, -0.2) is 0 Å². The predicted octanol–water partition coefficient (Wildman–Crippen LogP) is 2.46. The molecule has 0 N–H and O–H groups in total. The maximum atomic E-state index is 12.8. The van der Waals surface area contributed by atoms with Crippen molar-refractivity contribution in [1.29, 1.82) is 0 Å². The Hall–Kier alpha value is -2.05. The van der Waals surface area contributed by atoms with Crippen molar-refractivity contribution in [3.8, 4) is 0 Å². The van der Waals surface area contributed by atoms with Gasteiger partial charge in [0, 0.05) is 32.1 Å². The minimum atomic E-state index is 0.0450. The van der Waals surface area contributed by atoms with Gasteiger partial charge >= 0.3 is 0 Å². The standard InChI is InChI=1S/C19H24N2O4/c1-13-8-17(14(2)25-13)19(22)21-10-15-9-20(5-7-24-18(15)12-21)11-16-4-3-6-23-16/h3-4,6,8,15,18H,5,7,9-12H2,1-2H3/t15-,18+/m0/s1. The number of amides is 1. The molecule has 2 saturated heterocycles. The van der Waals surface area contributed by atoms with E-state index in [4.69, 9.17) is 13.6 Å². The van der Waals surface area contributed by atoms with Crippen molar-refractivity contribution in [3.05, 3.63) is 47.3 Å². The van der Waals surface area contributed by atoms with E-state index in [1.807, 2.05) is 36.9 Å². The van der Waals surface area contributed by atoms with E-state index in [1.54, 1.807) is 6.26 Å². The molecule has 0 radical (unpaired) electrons. The highest BCUT2D eigenvalue weighted by Gasteiger charge is 2.39. The molecular formula is C19H24N2O4. The normalized spacial score (nSPS) is 24.3. The fourth-order valence-electron chi connectivity index (χ4n) is 3.91. The second kappa shape index (κ2) is 6.69. The highest BCUT2D eigenvalue weighted by atomic mass is 16.5. The maximum Gasteiger partial charge on any atom is 0.257 e. The van der Waals surface area contributed by atoms with Gasteiger partial charge in [0.25, 0.3) is 5.91 Å². The number of hydrogen-bond donors (Lipinski definition) is 0. The van der Waals surface area contributed by atoms with Crippen molar-refractivity contribution >= 4 is 5.91 Å². The van der Waals surface area contributed by atoms with Crippen LogP contribution in [0, 0.1) is 19.8 Å². The quantitative estimate of drug-likeness (QED) is 0.856. The summed E-state index contributed by atoms with van der Waals surface area (Å²) in [5.41, 5.74) is 0.668. The number of carbonyl (C=O) groups is 1. The van der Waals surface area contributed by atoms with Gasteiger partial charge in [0.2, 0.25) is 0 Å². The lowest BCUT2D eigenvalue weighted by atomic mass is 10.1. The van der Waals surface area contributed by atoms with Crippen molar-refractivity contribution in [2.45, 2.75) is 26.5 Å². The van der Waals surface area contributed by atoms with Crippen LogP contribution in [0.3, 0.4) is 0 Å². The summed E-state index contributed by atoms with van der Waals surface area (Å²) < 4.78 is 17.0. The first-order chi connectivity index (χ1) is 12.1. The summed E-state index contributed by atoms with van der Waals surface area (Å²) in [7, 11) is 0. The average molecular weight is 344 g/mol. The molecule has 4 heterocycles. The van der Waals surface area contributed by atoms with Crippen LogP contribution in [-0.2, 0) is 11.3 Å². The second-order valence-corrected chi connectivity index (χ2v) is 7.02. The van der Waals surface area contributed by atoms with E-state index in [-0.39, 0.29) is 12.0 Å². The van der Waals surface area contributed by atoms with Crippen molar-refractivity contribution < 1.29 is 18.4 Å². The van der Waals surface area contributed by atoms with Crippen LogP contribution in [0.15, 0.2) is 33.3 Å². The van der Waals surface area contributed by atoms with E-state index in [2.05, 4.69) is 4.90 Å². The zero-order valence-electron chi connectivity index (χ0n) is 14.7. The van der Waals surface area contributed by atoms with Crippen molar-refractivity contribution in [2.24, 2.45) is 5.92 Å². The summed E-state index contributed by atoms with van der Waals surface area (Å²) in [5.74, 6) is 2.80. The van der Waals surface area contributed by atoms with Gasteiger partial charge in [-0.1, -0.05) is 0 Å². The van der Waals surface area contributed by atoms with E-state index < -0.39 is 0 Å². The first kappa shape index (κ1) is 16.4. The highest BCUT2D eigenvalue weighted by molar-refractivity contribution is 5.95. The lowest BCUT2D eigenvalue weighted by Gasteiger charge is -2.22. The molecule has 0 saturated carbocycles. The fourth-order valence-corrected chi connectivity index (χ4v) is 3.91. The third kappa shape index (κ3) is 3.37. The molecule has 0 aliphatic carbocycles. The SMILES string of the molecule is Cc1cc(C(=O)N2C[C@@H]3CN(Cc4ccco4)CCO[C@@H]3C2)c(C)o1. The van der Waals surface area contributed by atoms with E-state index >= 15 is 0 Å². The molecule has 6 heteroatoms. The minimum Gasteiger partial charge on any atom is -0.468 e. The number of aryl methyl sites for hydroxylation is 2. The van der Waals surface area contributed by atoms with Crippen LogP contribution in [0.1, 0.15) is 27.6 Å².